The molecule has 110 valence electrons. The van der Waals surface area contributed by atoms with Gasteiger partial charge >= 0.3 is 0 Å². The first-order valence-electron chi connectivity index (χ1n) is 6.16. The molecule has 0 spiro atoms. The van der Waals surface area contributed by atoms with Crippen LogP contribution in [0.2, 0.25) is 5.02 Å². The summed E-state index contributed by atoms with van der Waals surface area (Å²) in [6, 6.07) is 9.29. The molecule has 0 atom stereocenters. The Morgan fingerprint density at radius 1 is 1.33 bits per heavy atom. The van der Waals surface area contributed by atoms with Gasteiger partial charge in [-0.2, -0.15) is 0 Å². The first kappa shape index (κ1) is 15.1. The third-order valence-electron chi connectivity index (χ3n) is 2.98. The third kappa shape index (κ3) is 3.64. The highest BCUT2D eigenvalue weighted by Crippen LogP contribution is 2.23. The van der Waals surface area contributed by atoms with Crippen LogP contribution < -0.4 is 10.5 Å². The number of benzene rings is 2. The highest BCUT2D eigenvalue weighted by atomic mass is 35.5. The summed E-state index contributed by atoms with van der Waals surface area (Å²) in [4.78, 5) is 0. The predicted octanol–water partition coefficient (Wildman–Crippen LogP) is 3.46. The van der Waals surface area contributed by atoms with Crippen molar-refractivity contribution >= 4 is 17.4 Å². The molecule has 0 heterocycles. The second-order valence-corrected chi connectivity index (χ2v) is 4.92. The number of hydrogen-bond acceptors (Lipinski definition) is 3. The molecule has 0 saturated carbocycles. The minimum absolute atomic E-state index is 0.161. The molecule has 0 aliphatic carbocycles. The summed E-state index contributed by atoms with van der Waals surface area (Å²) in [6.07, 6.45) is 0. The summed E-state index contributed by atoms with van der Waals surface area (Å²) in [5.74, 6) is 0.0261. The molecule has 0 aliphatic heterocycles. The fourth-order valence-corrected chi connectivity index (χ4v) is 2.12. The number of nitrogens with two attached hydrogens (primary N) is 1. The van der Waals surface area contributed by atoms with Crippen LogP contribution in [0.4, 0.5) is 4.39 Å². The number of halogens is 2. The minimum atomic E-state index is -0.469. The van der Waals surface area contributed by atoms with Gasteiger partial charge in [0.25, 0.3) is 0 Å². The summed E-state index contributed by atoms with van der Waals surface area (Å²) in [5, 5.41) is 12.3. The molecule has 3 N–H and O–H groups in total. The number of hydrogen-bond donors (Lipinski definition) is 2. The van der Waals surface area contributed by atoms with E-state index in [9.17, 15) is 4.39 Å². The first-order chi connectivity index (χ1) is 10.0. The van der Waals surface area contributed by atoms with Crippen LogP contribution >= 0.6 is 11.6 Å². The average molecular weight is 309 g/mol. The van der Waals surface area contributed by atoms with Crippen LogP contribution in [-0.2, 0) is 6.61 Å². The number of rotatable bonds is 4. The first-order valence-corrected chi connectivity index (χ1v) is 6.54. The SMILES string of the molecule is Cc1cc(Cl)ccc1OCc1ccc(F)cc1C(N)=NO. The number of oxime groups is 1. The van der Waals surface area contributed by atoms with E-state index in [1.54, 1.807) is 18.2 Å². The lowest BCUT2D eigenvalue weighted by molar-refractivity contribution is 0.303. The highest BCUT2D eigenvalue weighted by Gasteiger charge is 2.10. The van der Waals surface area contributed by atoms with E-state index in [1.807, 2.05) is 6.92 Å². The third-order valence-corrected chi connectivity index (χ3v) is 3.21. The van der Waals surface area contributed by atoms with Crippen LogP contribution in [0.15, 0.2) is 41.6 Å². The number of ether oxygens (including phenoxy) is 1. The van der Waals surface area contributed by atoms with Crippen molar-refractivity contribution in [3.05, 3.63) is 63.9 Å². The van der Waals surface area contributed by atoms with Gasteiger partial charge in [0, 0.05) is 16.1 Å². The Morgan fingerprint density at radius 3 is 2.76 bits per heavy atom. The fraction of sp³-hybridized carbons (Fsp3) is 0.133. The molecule has 0 amide bonds. The van der Waals surface area contributed by atoms with Crippen LogP contribution in [0, 0.1) is 12.7 Å². The molecule has 4 nitrogen and oxygen atoms in total. The maximum Gasteiger partial charge on any atom is 0.170 e. The summed E-state index contributed by atoms with van der Waals surface area (Å²) in [6.45, 7) is 2.03. The normalized spacial score (nSPS) is 11.5. The Kier molecular flexibility index (Phi) is 4.65. The van der Waals surface area contributed by atoms with Crippen molar-refractivity contribution in [3.63, 3.8) is 0 Å². The Bertz CT molecular complexity index is 689. The molecule has 2 rings (SSSR count). The van der Waals surface area contributed by atoms with Crippen molar-refractivity contribution in [3.8, 4) is 5.75 Å². The second-order valence-electron chi connectivity index (χ2n) is 4.49. The maximum atomic E-state index is 13.3. The molecule has 0 aromatic heterocycles. The van der Waals surface area contributed by atoms with Crippen molar-refractivity contribution in [2.75, 3.05) is 0 Å². The zero-order valence-corrected chi connectivity index (χ0v) is 12.1. The van der Waals surface area contributed by atoms with Gasteiger partial charge in [-0.3, -0.25) is 0 Å². The number of aryl methyl sites for hydroxylation is 1. The van der Waals surface area contributed by atoms with Gasteiger partial charge in [-0.1, -0.05) is 22.8 Å². The Balaban J connectivity index is 2.24. The zero-order valence-electron chi connectivity index (χ0n) is 11.3. The highest BCUT2D eigenvalue weighted by molar-refractivity contribution is 6.30. The predicted molar refractivity (Wildman–Crippen MR) is 79.4 cm³/mol. The van der Waals surface area contributed by atoms with Gasteiger partial charge in [0.05, 0.1) is 0 Å². The summed E-state index contributed by atoms with van der Waals surface area (Å²) >= 11 is 5.88. The van der Waals surface area contributed by atoms with Crippen molar-refractivity contribution in [2.24, 2.45) is 10.9 Å². The molecular weight excluding hydrogens is 295 g/mol. The molecule has 2 aromatic carbocycles. The molecule has 0 saturated heterocycles. The van der Waals surface area contributed by atoms with Crippen LogP contribution in [0.3, 0.4) is 0 Å². The lowest BCUT2D eigenvalue weighted by atomic mass is 10.1. The van der Waals surface area contributed by atoms with Gasteiger partial charge in [-0.25, -0.2) is 4.39 Å². The monoisotopic (exact) mass is 308 g/mol. The van der Waals surface area contributed by atoms with Gasteiger partial charge in [-0.15, -0.1) is 0 Å². The standard InChI is InChI=1S/C15H14ClFN2O2/c1-9-6-11(16)3-5-14(9)21-8-10-2-4-12(17)7-13(10)15(18)19-20/h2-7,20H,8H2,1H3,(H2,18,19). The smallest absolute Gasteiger partial charge is 0.170 e. The van der Waals surface area contributed by atoms with Crippen molar-refractivity contribution in [2.45, 2.75) is 13.5 Å². The van der Waals surface area contributed by atoms with E-state index >= 15 is 0 Å². The Hall–Kier alpha value is -2.27. The second kappa shape index (κ2) is 6.45. The van der Waals surface area contributed by atoms with Gasteiger partial charge in [0.15, 0.2) is 5.84 Å². The van der Waals surface area contributed by atoms with E-state index in [0.717, 1.165) is 5.56 Å². The van der Waals surface area contributed by atoms with E-state index in [2.05, 4.69) is 5.16 Å². The molecule has 0 radical (unpaired) electrons. The van der Waals surface area contributed by atoms with Gasteiger partial charge < -0.3 is 15.7 Å². The maximum absolute atomic E-state index is 13.3. The molecule has 6 heteroatoms. The molecule has 21 heavy (non-hydrogen) atoms. The molecular formula is C15H14ClFN2O2. The topological polar surface area (TPSA) is 67.8 Å². The summed E-state index contributed by atoms with van der Waals surface area (Å²) in [5.41, 5.74) is 7.33. The zero-order chi connectivity index (χ0) is 15.4. The largest absolute Gasteiger partial charge is 0.489 e. The van der Waals surface area contributed by atoms with Crippen molar-refractivity contribution in [1.29, 1.82) is 0 Å². The summed E-state index contributed by atoms with van der Waals surface area (Å²) < 4.78 is 18.9. The van der Waals surface area contributed by atoms with Gasteiger partial charge in [0.2, 0.25) is 0 Å². The molecule has 0 bridgehead atoms. The molecule has 0 aliphatic rings. The van der Waals surface area contributed by atoms with E-state index < -0.39 is 5.82 Å². The molecule has 0 fully saturated rings. The van der Waals surface area contributed by atoms with Gasteiger partial charge in [0.1, 0.15) is 18.2 Å². The van der Waals surface area contributed by atoms with E-state index in [1.165, 1.54) is 18.2 Å². The quantitative estimate of drug-likeness (QED) is 0.393. The van der Waals surface area contributed by atoms with Crippen LogP contribution in [0.5, 0.6) is 5.75 Å². The fourth-order valence-electron chi connectivity index (χ4n) is 1.90. The number of nitrogens with zero attached hydrogens (tertiary/aromatic N) is 1. The molecule has 0 unspecified atom stereocenters. The Labute approximate surface area is 126 Å². The number of amidine groups is 1. The lowest BCUT2D eigenvalue weighted by Gasteiger charge is -2.12. The van der Waals surface area contributed by atoms with Crippen LogP contribution in [0.25, 0.3) is 0 Å². The van der Waals surface area contributed by atoms with Crippen LogP contribution in [0.1, 0.15) is 16.7 Å². The van der Waals surface area contributed by atoms with E-state index in [-0.39, 0.29) is 12.4 Å². The Morgan fingerprint density at radius 2 is 2.10 bits per heavy atom. The minimum Gasteiger partial charge on any atom is -0.489 e. The van der Waals surface area contributed by atoms with Gasteiger partial charge in [-0.05, 0) is 42.8 Å². The van der Waals surface area contributed by atoms with Crippen LogP contribution in [-0.4, -0.2) is 11.0 Å². The summed E-state index contributed by atoms with van der Waals surface area (Å²) in [7, 11) is 0. The molecule has 2 aromatic rings. The van der Waals surface area contributed by atoms with Crippen molar-refractivity contribution < 1.29 is 14.3 Å². The lowest BCUT2D eigenvalue weighted by Crippen LogP contribution is -2.17. The van der Waals surface area contributed by atoms with Crippen molar-refractivity contribution in [1.82, 2.24) is 0 Å². The van der Waals surface area contributed by atoms with E-state index in [0.29, 0.717) is 21.9 Å². The van der Waals surface area contributed by atoms with E-state index in [4.69, 9.17) is 27.3 Å². The average Bonchev–Trinajstić information content (AvgIpc) is 2.46.